The van der Waals surface area contributed by atoms with Crippen LogP contribution in [0.1, 0.15) is 51.4 Å². The van der Waals surface area contributed by atoms with Crippen molar-refractivity contribution >= 4 is 17.3 Å². The van der Waals surface area contributed by atoms with Crippen LogP contribution in [0.2, 0.25) is 0 Å². The van der Waals surface area contributed by atoms with Gasteiger partial charge in [-0.3, -0.25) is 4.79 Å². The maximum absolute atomic E-state index is 8.58. The van der Waals surface area contributed by atoms with E-state index in [4.69, 9.17) is 14.3 Å². The number of methoxy groups -OCH3 is 1. The number of carbonyl (C=O) groups excluding carboxylic acids is 1. The van der Waals surface area contributed by atoms with Crippen LogP contribution in [0.3, 0.4) is 0 Å². The van der Waals surface area contributed by atoms with Crippen molar-refractivity contribution in [2.75, 3.05) is 20.3 Å². The summed E-state index contributed by atoms with van der Waals surface area (Å²) in [6, 6.07) is 8.16. The highest BCUT2D eigenvalue weighted by Crippen LogP contribution is 2.20. The topological polar surface area (TPSA) is 66.5 Å². The molecule has 1 aliphatic carbocycles. The van der Waals surface area contributed by atoms with E-state index in [0.29, 0.717) is 0 Å². The van der Waals surface area contributed by atoms with Gasteiger partial charge in [-0.25, -0.2) is 0 Å². The van der Waals surface area contributed by atoms with E-state index in [-0.39, 0.29) is 6.41 Å². The Hall–Kier alpha value is -2.01. The Labute approximate surface area is 157 Å². The van der Waals surface area contributed by atoms with Gasteiger partial charge in [-0.05, 0) is 37.1 Å². The normalized spacial score (nSPS) is 15.5. The average molecular weight is 363 g/mol. The van der Waals surface area contributed by atoms with E-state index in [1.54, 1.807) is 7.11 Å². The van der Waals surface area contributed by atoms with Gasteiger partial charge in [0.05, 0.1) is 7.11 Å². The summed E-state index contributed by atoms with van der Waals surface area (Å²) in [5.41, 5.74) is 5.40. The number of hydrogen-bond acceptors (Lipinski definition) is 3. The van der Waals surface area contributed by atoms with E-state index >= 15 is 0 Å². The van der Waals surface area contributed by atoms with Gasteiger partial charge in [-0.2, -0.15) is 0 Å². The third-order valence-corrected chi connectivity index (χ3v) is 4.42. The lowest BCUT2D eigenvalue weighted by Crippen LogP contribution is -1.85. The molecule has 1 aliphatic heterocycles. The van der Waals surface area contributed by atoms with Crippen LogP contribution in [-0.2, 0) is 16.6 Å². The van der Waals surface area contributed by atoms with Crippen LogP contribution >= 0.6 is 0 Å². The van der Waals surface area contributed by atoms with Crippen LogP contribution in [0, 0.1) is 0 Å². The highest BCUT2D eigenvalue weighted by atomic mass is 16.5. The van der Waals surface area contributed by atoms with E-state index in [1.807, 2.05) is 25.4 Å². The summed E-state index contributed by atoms with van der Waals surface area (Å²) in [6.07, 6.45) is 13.9. The van der Waals surface area contributed by atoms with Gasteiger partial charge in [0.25, 0.3) is 0 Å². The van der Waals surface area contributed by atoms with Gasteiger partial charge in [-0.1, -0.05) is 38.5 Å². The lowest BCUT2D eigenvalue weighted by molar-refractivity contribution is -0.106. The molecule has 0 atom stereocenters. The molecule has 5 nitrogen and oxygen atoms in total. The fraction of sp³-hybridized carbons (Fsp3) is 0.571. The number of rotatable bonds is 1. The van der Waals surface area contributed by atoms with Crippen molar-refractivity contribution in [3.63, 3.8) is 0 Å². The summed E-state index contributed by atoms with van der Waals surface area (Å²) >= 11 is 0. The number of benzene rings is 1. The predicted molar refractivity (Wildman–Crippen MR) is 107 cm³/mol. The van der Waals surface area contributed by atoms with Gasteiger partial charge in [0.15, 0.2) is 0 Å². The Bertz CT molecular complexity index is 583. The zero-order valence-electron chi connectivity index (χ0n) is 16.3. The van der Waals surface area contributed by atoms with Crippen LogP contribution in [-0.4, -0.2) is 31.3 Å². The molecule has 0 unspecified atom stereocenters. The van der Waals surface area contributed by atoms with Gasteiger partial charge < -0.3 is 19.8 Å². The number of aromatic nitrogens is 1. The molecule has 1 amide bonds. The molecular formula is C21H34N2O3. The number of ether oxygens (including phenoxy) is 2. The second-order valence-corrected chi connectivity index (χ2v) is 6.43. The molecule has 2 heterocycles. The van der Waals surface area contributed by atoms with Gasteiger partial charge in [-0.15, -0.1) is 0 Å². The molecule has 0 bridgehead atoms. The predicted octanol–water partition coefficient (Wildman–Crippen LogP) is 4.43. The lowest BCUT2D eigenvalue weighted by Gasteiger charge is -2.05. The second kappa shape index (κ2) is 14.2. The zero-order valence-corrected chi connectivity index (χ0v) is 16.3. The van der Waals surface area contributed by atoms with Crippen molar-refractivity contribution in [3.05, 3.63) is 30.5 Å². The minimum atomic E-state index is 0.250. The summed E-state index contributed by atoms with van der Waals surface area (Å²) in [5.74, 6) is 0.911. The van der Waals surface area contributed by atoms with E-state index in [9.17, 15) is 0 Å². The molecule has 2 fully saturated rings. The van der Waals surface area contributed by atoms with Crippen molar-refractivity contribution in [1.29, 1.82) is 0 Å². The summed E-state index contributed by atoms with van der Waals surface area (Å²) in [7, 11) is 3.72. The van der Waals surface area contributed by atoms with E-state index < -0.39 is 0 Å². The number of carbonyl (C=O) groups is 1. The van der Waals surface area contributed by atoms with Gasteiger partial charge >= 0.3 is 0 Å². The van der Waals surface area contributed by atoms with Crippen molar-refractivity contribution < 1.29 is 14.3 Å². The fourth-order valence-corrected chi connectivity index (χ4v) is 2.96. The van der Waals surface area contributed by atoms with Gasteiger partial charge in [0.1, 0.15) is 5.75 Å². The maximum Gasteiger partial charge on any atom is 0.204 e. The van der Waals surface area contributed by atoms with Crippen molar-refractivity contribution in [1.82, 2.24) is 4.57 Å². The number of amides is 1. The van der Waals surface area contributed by atoms with Crippen LogP contribution < -0.4 is 10.5 Å². The van der Waals surface area contributed by atoms with Crippen LogP contribution in [0.5, 0.6) is 5.75 Å². The van der Waals surface area contributed by atoms with Gasteiger partial charge in [0.2, 0.25) is 6.41 Å². The van der Waals surface area contributed by atoms with Crippen LogP contribution in [0.25, 0.3) is 10.9 Å². The Morgan fingerprint density at radius 2 is 1.54 bits per heavy atom. The molecule has 1 saturated heterocycles. The first-order valence-corrected chi connectivity index (χ1v) is 9.55. The number of hydrogen-bond donors (Lipinski definition) is 1. The molecule has 26 heavy (non-hydrogen) atoms. The first kappa shape index (κ1) is 22.0. The zero-order chi connectivity index (χ0) is 19.0. The molecule has 5 heteroatoms. The van der Waals surface area contributed by atoms with Crippen molar-refractivity contribution in [2.45, 2.75) is 51.4 Å². The minimum Gasteiger partial charge on any atom is -0.497 e. The average Bonchev–Trinajstić information content (AvgIpc) is 3.38. The quantitative estimate of drug-likeness (QED) is 0.763. The SMILES string of the molecule is C1CCCCC1.C1CCOC1.COc1ccc2c(ccn2C)c1.NC=O. The van der Waals surface area contributed by atoms with Crippen molar-refractivity contribution in [2.24, 2.45) is 12.8 Å². The second-order valence-electron chi connectivity index (χ2n) is 6.43. The third kappa shape index (κ3) is 8.90. The number of nitrogens with zero attached hydrogens (tertiary/aromatic N) is 1. The highest BCUT2D eigenvalue weighted by Gasteiger charge is 1.98. The molecule has 1 aromatic carbocycles. The minimum absolute atomic E-state index is 0.250. The molecule has 0 spiro atoms. The Morgan fingerprint density at radius 3 is 1.96 bits per heavy atom. The van der Waals surface area contributed by atoms with Crippen molar-refractivity contribution in [3.8, 4) is 5.75 Å². The summed E-state index contributed by atoms with van der Waals surface area (Å²) in [5, 5.41) is 1.22. The largest absolute Gasteiger partial charge is 0.497 e. The molecule has 146 valence electrons. The summed E-state index contributed by atoms with van der Waals surface area (Å²) in [6.45, 7) is 2.00. The van der Waals surface area contributed by atoms with Crippen LogP contribution in [0.15, 0.2) is 30.5 Å². The molecule has 2 N–H and O–H groups in total. The number of fused-ring (bicyclic) bond motifs is 1. The Kier molecular flexibility index (Phi) is 12.0. The molecule has 1 saturated carbocycles. The first-order chi connectivity index (χ1) is 12.7. The first-order valence-electron chi connectivity index (χ1n) is 9.55. The smallest absolute Gasteiger partial charge is 0.204 e. The van der Waals surface area contributed by atoms with E-state index in [1.165, 1.54) is 62.3 Å². The monoisotopic (exact) mass is 362 g/mol. The number of primary amides is 1. The number of nitrogens with two attached hydrogens (primary N) is 1. The summed E-state index contributed by atoms with van der Waals surface area (Å²) < 4.78 is 12.2. The Balaban J connectivity index is 0.000000202. The van der Waals surface area contributed by atoms with E-state index in [2.05, 4.69) is 22.4 Å². The molecule has 2 aliphatic rings. The fourth-order valence-electron chi connectivity index (χ4n) is 2.96. The molecule has 2 aromatic rings. The standard InChI is InChI=1S/C10H11NO.C6H12.C4H8O.CH3NO/c1-11-6-5-8-7-9(12-2)3-4-10(8)11;1-2-4-6-5-3-1;1-2-4-5-3-1;2-1-3/h3-7H,1-2H3;1-6H2;1-4H2;1H,(H2,2,3). The maximum atomic E-state index is 8.58. The van der Waals surface area contributed by atoms with Gasteiger partial charge in [0, 0.05) is 37.4 Å². The molecule has 1 aromatic heterocycles. The molecule has 4 rings (SSSR count). The molecular weight excluding hydrogens is 328 g/mol. The number of aryl methyl sites for hydroxylation is 1. The van der Waals surface area contributed by atoms with E-state index in [0.717, 1.165) is 19.0 Å². The molecule has 0 radical (unpaired) electrons. The summed E-state index contributed by atoms with van der Waals surface area (Å²) in [4.78, 5) is 8.58. The lowest BCUT2D eigenvalue weighted by atomic mass is 10.0. The van der Waals surface area contributed by atoms with Crippen LogP contribution in [0.4, 0.5) is 0 Å². The highest BCUT2D eigenvalue weighted by molar-refractivity contribution is 5.81. The third-order valence-electron chi connectivity index (χ3n) is 4.42. The Morgan fingerprint density at radius 1 is 1.00 bits per heavy atom.